The lowest BCUT2D eigenvalue weighted by molar-refractivity contribution is 0.502. The van der Waals surface area contributed by atoms with Crippen LogP contribution in [0.5, 0.6) is 0 Å². The molecule has 0 saturated heterocycles. The van der Waals surface area contributed by atoms with Gasteiger partial charge in [-0.25, -0.2) is 4.58 Å². The predicted molar refractivity (Wildman–Crippen MR) is 62.9 cm³/mol. The number of hydrogen-bond acceptors (Lipinski definition) is 0. The van der Waals surface area contributed by atoms with E-state index in [2.05, 4.69) is 66.3 Å². The first-order chi connectivity index (χ1) is 7.36. The summed E-state index contributed by atoms with van der Waals surface area (Å²) in [5.41, 5.74) is 0. The molecule has 1 aliphatic carbocycles. The molecule has 2 unspecified atom stereocenters. The van der Waals surface area contributed by atoms with Gasteiger partial charge in [-0.2, -0.15) is 0 Å². The molecule has 0 saturated carbocycles. The lowest BCUT2D eigenvalue weighted by Gasteiger charge is -2.20. The maximum atomic E-state index is 2.36. The van der Waals surface area contributed by atoms with E-state index in [1.807, 2.05) is 0 Å². The molecule has 15 heavy (non-hydrogen) atoms. The largest absolute Gasteiger partial charge is 0.225 e. The average molecular weight is 196 g/mol. The number of rotatable bonds is 0. The van der Waals surface area contributed by atoms with Gasteiger partial charge in [-0.05, 0) is 12.1 Å². The Morgan fingerprint density at radius 1 is 1.07 bits per heavy atom. The van der Waals surface area contributed by atoms with E-state index in [-0.39, 0.29) is 0 Å². The summed E-state index contributed by atoms with van der Waals surface area (Å²) in [7, 11) is 2.17. The third-order valence-electron chi connectivity index (χ3n) is 3.28. The number of hydrogen-bond donors (Lipinski definition) is 0. The molecule has 0 radical (unpaired) electrons. The minimum absolute atomic E-state index is 0.491. The molecule has 0 spiro atoms. The van der Waals surface area contributed by atoms with Gasteiger partial charge in [0.25, 0.3) is 0 Å². The van der Waals surface area contributed by atoms with Crippen LogP contribution in [0.2, 0.25) is 0 Å². The normalized spacial score (nSPS) is 26.9. The highest BCUT2D eigenvalue weighted by Gasteiger charge is 2.27. The second kappa shape index (κ2) is 3.20. The lowest BCUT2D eigenvalue weighted by Crippen LogP contribution is -2.49. The van der Waals surface area contributed by atoms with Crippen LogP contribution in [0.1, 0.15) is 0 Å². The molecule has 74 valence electrons. The van der Waals surface area contributed by atoms with Gasteiger partial charge in [0.1, 0.15) is 7.05 Å². The topological polar surface area (TPSA) is 3.01 Å². The summed E-state index contributed by atoms with van der Waals surface area (Å²) in [5, 5.41) is 2.68. The van der Waals surface area contributed by atoms with Crippen molar-refractivity contribution in [2.75, 3.05) is 7.05 Å². The molecule has 2 atom stereocenters. The summed E-state index contributed by atoms with van der Waals surface area (Å²) in [5.74, 6) is 0.523. The molecule has 2 aliphatic rings. The van der Waals surface area contributed by atoms with Gasteiger partial charge in [-0.15, -0.1) is 0 Å². The van der Waals surface area contributed by atoms with Gasteiger partial charge >= 0.3 is 0 Å². The summed E-state index contributed by atoms with van der Waals surface area (Å²) in [6.45, 7) is 0. The molecule has 0 fully saturated rings. The van der Waals surface area contributed by atoms with Gasteiger partial charge in [0.05, 0.1) is 5.92 Å². The van der Waals surface area contributed by atoms with Crippen molar-refractivity contribution in [2.45, 2.75) is 6.04 Å². The Morgan fingerprint density at radius 3 is 2.80 bits per heavy atom. The van der Waals surface area contributed by atoms with Crippen molar-refractivity contribution in [3.63, 3.8) is 0 Å². The molecule has 0 N–H and O–H groups in total. The van der Waals surface area contributed by atoms with E-state index in [9.17, 15) is 0 Å². The van der Waals surface area contributed by atoms with Crippen molar-refractivity contribution in [1.82, 2.24) is 4.58 Å². The molecule has 1 aromatic rings. The van der Waals surface area contributed by atoms with Crippen molar-refractivity contribution in [3.05, 3.63) is 59.1 Å². The molecule has 1 heterocycles. The van der Waals surface area contributed by atoms with E-state index in [0.29, 0.717) is 12.0 Å². The smallest absolute Gasteiger partial charge is 0.207 e. The second-order valence-electron chi connectivity index (χ2n) is 4.17. The molecule has 1 nitrogen and oxygen atoms in total. The number of allylic oxidation sites excluding steroid dienone is 2. The van der Waals surface area contributed by atoms with Gasteiger partial charge in [0, 0.05) is 11.3 Å². The Hall–Kier alpha value is -1.63. The molecular formula is C14H14N+. The molecular weight excluding hydrogens is 182 g/mol. The first kappa shape index (κ1) is 8.66. The minimum Gasteiger partial charge on any atom is -0.225 e. The van der Waals surface area contributed by atoms with E-state index in [1.54, 1.807) is 0 Å². The fraction of sp³-hybridized carbons (Fsp3) is 0.214. The Bertz CT molecular complexity index is 563. The van der Waals surface area contributed by atoms with Gasteiger partial charge in [0.2, 0.25) is 5.36 Å². The Morgan fingerprint density at radius 2 is 1.87 bits per heavy atom. The first-order valence-corrected chi connectivity index (χ1v) is 5.38. The third kappa shape index (κ3) is 1.27. The van der Waals surface area contributed by atoms with Crippen molar-refractivity contribution < 1.29 is 0 Å². The predicted octanol–water partition coefficient (Wildman–Crippen LogP) is 0.712. The van der Waals surface area contributed by atoms with E-state index in [0.717, 1.165) is 0 Å². The standard InChI is InChI=1S/C14H14N/c1-15-13-8-4-2-6-11(13)10-12-7-3-5-9-14(12)15/h2-11,13H,1H3/q+1. The van der Waals surface area contributed by atoms with Gasteiger partial charge in [-0.1, -0.05) is 36.4 Å². The highest BCUT2D eigenvalue weighted by molar-refractivity contribution is 5.39. The van der Waals surface area contributed by atoms with Crippen LogP contribution < -0.4 is 15.2 Å². The van der Waals surface area contributed by atoms with E-state index < -0.39 is 0 Å². The quantitative estimate of drug-likeness (QED) is 0.538. The summed E-state index contributed by atoms with van der Waals surface area (Å²) < 4.78 is 2.36. The monoisotopic (exact) mass is 196 g/mol. The number of likely N-dealkylation sites (N-methyl/N-ethyl adjacent to an activating group) is 1. The zero-order valence-electron chi connectivity index (χ0n) is 8.80. The number of para-hydroxylation sites is 1. The van der Waals surface area contributed by atoms with Crippen LogP contribution in [-0.4, -0.2) is 13.1 Å². The van der Waals surface area contributed by atoms with Gasteiger partial charge in [-0.3, -0.25) is 0 Å². The summed E-state index contributed by atoms with van der Waals surface area (Å²) in [6.07, 6.45) is 11.2. The number of nitrogens with zero attached hydrogens (tertiary/aromatic N) is 1. The first-order valence-electron chi connectivity index (χ1n) is 5.38. The zero-order valence-corrected chi connectivity index (χ0v) is 8.80. The summed E-state index contributed by atoms with van der Waals surface area (Å²) in [6, 6.07) is 9.07. The summed E-state index contributed by atoms with van der Waals surface area (Å²) in [4.78, 5) is 0. The van der Waals surface area contributed by atoms with E-state index in [4.69, 9.17) is 0 Å². The number of benzene rings is 1. The highest BCUT2D eigenvalue weighted by Crippen LogP contribution is 2.16. The van der Waals surface area contributed by atoms with Crippen LogP contribution in [0.4, 0.5) is 0 Å². The molecule has 1 aromatic carbocycles. The highest BCUT2D eigenvalue weighted by atomic mass is 15.0. The summed E-state index contributed by atoms with van der Waals surface area (Å²) >= 11 is 0. The van der Waals surface area contributed by atoms with Crippen LogP contribution in [0.3, 0.4) is 0 Å². The maximum absolute atomic E-state index is 2.36. The van der Waals surface area contributed by atoms with Gasteiger partial charge in [0.15, 0.2) is 6.04 Å². The number of fused-ring (bicyclic) bond motifs is 2. The van der Waals surface area contributed by atoms with Crippen LogP contribution in [0, 0.1) is 5.92 Å². The maximum Gasteiger partial charge on any atom is 0.207 e. The molecule has 3 rings (SSSR count). The van der Waals surface area contributed by atoms with Crippen LogP contribution in [0.15, 0.2) is 48.6 Å². The molecule has 0 aromatic heterocycles. The minimum atomic E-state index is 0.491. The van der Waals surface area contributed by atoms with Crippen molar-refractivity contribution in [1.29, 1.82) is 0 Å². The van der Waals surface area contributed by atoms with Crippen molar-refractivity contribution >= 4 is 6.08 Å². The molecule has 1 heteroatoms. The molecule has 0 amide bonds. The lowest BCUT2D eigenvalue weighted by atomic mass is 9.91. The Balaban J connectivity index is 2.34. The fourth-order valence-corrected chi connectivity index (χ4v) is 2.47. The fourth-order valence-electron chi connectivity index (χ4n) is 2.47. The van der Waals surface area contributed by atoms with Crippen LogP contribution in [0.25, 0.3) is 6.08 Å². The SMILES string of the molecule is C[N+]1=c2ccccc2=CC2C=CC=CC21. The van der Waals surface area contributed by atoms with Crippen molar-refractivity contribution in [2.24, 2.45) is 5.92 Å². The third-order valence-corrected chi connectivity index (χ3v) is 3.28. The van der Waals surface area contributed by atoms with Crippen LogP contribution >= 0.6 is 0 Å². The second-order valence-corrected chi connectivity index (χ2v) is 4.17. The van der Waals surface area contributed by atoms with Crippen molar-refractivity contribution in [3.8, 4) is 0 Å². The zero-order chi connectivity index (χ0) is 10.3. The van der Waals surface area contributed by atoms with Gasteiger partial charge < -0.3 is 0 Å². The molecule has 1 aliphatic heterocycles. The van der Waals surface area contributed by atoms with Crippen LogP contribution in [-0.2, 0) is 0 Å². The molecule has 0 bridgehead atoms. The Kier molecular flexibility index (Phi) is 1.84. The van der Waals surface area contributed by atoms with E-state index in [1.165, 1.54) is 10.6 Å². The average Bonchev–Trinajstić information content (AvgIpc) is 2.30. The van der Waals surface area contributed by atoms with E-state index >= 15 is 0 Å². The Labute approximate surface area is 89.4 Å².